The predicted molar refractivity (Wildman–Crippen MR) is 63.7 cm³/mol. The van der Waals surface area contributed by atoms with E-state index in [4.69, 9.17) is 0 Å². The van der Waals surface area contributed by atoms with Gasteiger partial charge in [0.1, 0.15) is 0 Å². The van der Waals surface area contributed by atoms with Crippen molar-refractivity contribution < 1.29 is 9.46 Å². The maximum absolute atomic E-state index is 12.0. The van der Waals surface area contributed by atoms with Crippen LogP contribution in [0.15, 0.2) is 30.3 Å². The normalized spacial score (nSPS) is 16.0. The van der Waals surface area contributed by atoms with Crippen molar-refractivity contribution in [3.8, 4) is 0 Å². The van der Waals surface area contributed by atoms with Gasteiger partial charge < -0.3 is 10.2 Å². The monoisotopic (exact) mass is 227 g/mol. The van der Waals surface area contributed by atoms with E-state index in [2.05, 4.69) is 5.32 Å². The van der Waals surface area contributed by atoms with Crippen molar-refractivity contribution in [3.05, 3.63) is 30.3 Å². The molecule has 84 valence electrons. The highest BCUT2D eigenvalue weighted by Crippen LogP contribution is 2.37. The van der Waals surface area contributed by atoms with Gasteiger partial charge in [0.2, 0.25) is 7.37 Å². The SMILES string of the molecule is CC(C)(C)NCP(=O)(O)c1ccccc1. The molecule has 0 aliphatic carbocycles. The van der Waals surface area contributed by atoms with Crippen LogP contribution in [0.1, 0.15) is 20.8 Å². The zero-order valence-electron chi connectivity index (χ0n) is 9.40. The predicted octanol–water partition coefficient (Wildman–Crippen LogP) is 1.93. The second kappa shape index (κ2) is 4.48. The van der Waals surface area contributed by atoms with Crippen LogP contribution in [-0.4, -0.2) is 16.7 Å². The Labute approximate surface area is 91.0 Å². The Kier molecular flexibility index (Phi) is 3.72. The number of rotatable bonds is 3. The van der Waals surface area contributed by atoms with Gasteiger partial charge in [0, 0.05) is 10.8 Å². The first-order valence-electron chi connectivity index (χ1n) is 4.94. The number of nitrogens with one attached hydrogen (secondary N) is 1. The molecule has 1 rings (SSSR count). The lowest BCUT2D eigenvalue weighted by atomic mass is 10.1. The van der Waals surface area contributed by atoms with E-state index in [9.17, 15) is 9.46 Å². The Hall–Kier alpha value is -0.630. The van der Waals surface area contributed by atoms with Gasteiger partial charge in [0.15, 0.2) is 0 Å². The van der Waals surface area contributed by atoms with Gasteiger partial charge in [-0.15, -0.1) is 0 Å². The molecule has 0 aliphatic rings. The van der Waals surface area contributed by atoms with Gasteiger partial charge >= 0.3 is 0 Å². The smallest absolute Gasteiger partial charge is 0.242 e. The van der Waals surface area contributed by atoms with Crippen molar-refractivity contribution in [3.63, 3.8) is 0 Å². The molecule has 3 nitrogen and oxygen atoms in total. The molecule has 0 fully saturated rings. The Morgan fingerprint density at radius 2 is 1.80 bits per heavy atom. The summed E-state index contributed by atoms with van der Waals surface area (Å²) in [6.07, 6.45) is 0.112. The summed E-state index contributed by atoms with van der Waals surface area (Å²) in [5, 5.41) is 3.55. The van der Waals surface area contributed by atoms with E-state index in [1.54, 1.807) is 24.3 Å². The van der Waals surface area contributed by atoms with E-state index in [1.165, 1.54) is 0 Å². The van der Waals surface area contributed by atoms with Gasteiger partial charge in [-0.05, 0) is 32.9 Å². The first kappa shape index (κ1) is 12.4. The zero-order chi connectivity index (χ0) is 11.5. The molecule has 2 N–H and O–H groups in total. The average Bonchev–Trinajstić information content (AvgIpc) is 2.16. The summed E-state index contributed by atoms with van der Waals surface area (Å²) in [7, 11) is -3.25. The minimum absolute atomic E-state index is 0.112. The number of hydrogen-bond acceptors (Lipinski definition) is 2. The van der Waals surface area contributed by atoms with Crippen LogP contribution in [0.4, 0.5) is 0 Å². The van der Waals surface area contributed by atoms with Gasteiger partial charge in [-0.2, -0.15) is 0 Å². The van der Waals surface area contributed by atoms with Crippen molar-refractivity contribution in [1.82, 2.24) is 5.32 Å². The highest BCUT2D eigenvalue weighted by molar-refractivity contribution is 7.66. The molecule has 0 spiro atoms. The molecule has 1 aromatic rings. The molecule has 0 aliphatic heterocycles. The summed E-state index contributed by atoms with van der Waals surface area (Å²) in [4.78, 5) is 9.84. The largest absolute Gasteiger partial charge is 0.340 e. The minimum atomic E-state index is -3.25. The van der Waals surface area contributed by atoms with Gasteiger partial charge in [0.05, 0.1) is 6.29 Å². The van der Waals surface area contributed by atoms with Crippen molar-refractivity contribution >= 4 is 12.7 Å². The third-order valence-electron chi connectivity index (χ3n) is 1.98. The van der Waals surface area contributed by atoms with E-state index in [-0.39, 0.29) is 11.8 Å². The maximum Gasteiger partial charge on any atom is 0.242 e. The molecule has 0 bridgehead atoms. The first-order chi connectivity index (χ1) is 6.81. The lowest BCUT2D eigenvalue weighted by molar-refractivity contribution is 0.429. The third-order valence-corrected chi connectivity index (χ3v) is 3.68. The van der Waals surface area contributed by atoms with Crippen molar-refractivity contribution in [2.45, 2.75) is 26.3 Å². The fraction of sp³-hybridized carbons (Fsp3) is 0.455. The van der Waals surface area contributed by atoms with Gasteiger partial charge in [-0.25, -0.2) is 0 Å². The van der Waals surface area contributed by atoms with Crippen LogP contribution >= 0.6 is 7.37 Å². The van der Waals surface area contributed by atoms with Crippen LogP contribution in [0.2, 0.25) is 0 Å². The van der Waals surface area contributed by atoms with Gasteiger partial charge in [-0.3, -0.25) is 4.57 Å². The van der Waals surface area contributed by atoms with Crippen molar-refractivity contribution in [2.24, 2.45) is 0 Å². The highest BCUT2D eigenvalue weighted by atomic mass is 31.2. The maximum atomic E-state index is 12.0. The van der Waals surface area contributed by atoms with Crippen LogP contribution in [0.5, 0.6) is 0 Å². The lowest BCUT2D eigenvalue weighted by Crippen LogP contribution is -2.37. The molecule has 1 unspecified atom stereocenters. The summed E-state index contributed by atoms with van der Waals surface area (Å²) in [6.45, 7) is 5.91. The second-order valence-corrected chi connectivity index (χ2v) is 6.86. The fourth-order valence-corrected chi connectivity index (χ4v) is 2.61. The van der Waals surface area contributed by atoms with Crippen LogP contribution in [0.25, 0.3) is 0 Å². The van der Waals surface area contributed by atoms with Crippen LogP contribution in [0.3, 0.4) is 0 Å². The van der Waals surface area contributed by atoms with Crippen LogP contribution < -0.4 is 10.6 Å². The molecule has 0 saturated carbocycles. The van der Waals surface area contributed by atoms with Crippen LogP contribution in [0, 0.1) is 0 Å². The third kappa shape index (κ3) is 4.17. The summed E-state index contributed by atoms with van der Waals surface area (Å²) in [6, 6.07) is 8.75. The average molecular weight is 227 g/mol. The van der Waals surface area contributed by atoms with Crippen LogP contribution in [-0.2, 0) is 4.57 Å². The van der Waals surface area contributed by atoms with E-state index in [1.807, 2.05) is 26.8 Å². The Balaban J connectivity index is 2.73. The van der Waals surface area contributed by atoms with E-state index < -0.39 is 7.37 Å². The summed E-state index contributed by atoms with van der Waals surface area (Å²) in [5.41, 5.74) is -0.146. The Morgan fingerprint density at radius 3 is 2.27 bits per heavy atom. The van der Waals surface area contributed by atoms with Crippen molar-refractivity contribution in [2.75, 3.05) is 6.29 Å². The molecule has 1 atom stereocenters. The molecule has 0 amide bonds. The van der Waals surface area contributed by atoms with Gasteiger partial charge in [0.25, 0.3) is 0 Å². The quantitative estimate of drug-likeness (QED) is 0.776. The number of benzene rings is 1. The summed E-state index contributed by atoms with van der Waals surface area (Å²) >= 11 is 0. The summed E-state index contributed by atoms with van der Waals surface area (Å²) < 4.78 is 12.0. The first-order valence-corrected chi connectivity index (χ1v) is 6.78. The standard InChI is InChI=1S/C11H18NO2P/c1-11(2,3)12-9-15(13,14)10-7-5-4-6-8-10/h4-8,12H,9H2,1-3H3,(H,13,14). The Bertz CT molecular complexity index is 357. The number of hydrogen-bond donors (Lipinski definition) is 2. The molecule has 0 saturated heterocycles. The summed E-state index contributed by atoms with van der Waals surface area (Å²) in [5.74, 6) is 0. The molecule has 1 aromatic carbocycles. The van der Waals surface area contributed by atoms with Crippen molar-refractivity contribution in [1.29, 1.82) is 0 Å². The topological polar surface area (TPSA) is 49.3 Å². The molecular formula is C11H18NO2P. The molecule has 0 aromatic heterocycles. The highest BCUT2D eigenvalue weighted by Gasteiger charge is 2.23. The zero-order valence-corrected chi connectivity index (χ0v) is 10.3. The molecule has 0 radical (unpaired) electrons. The van der Waals surface area contributed by atoms with E-state index >= 15 is 0 Å². The fourth-order valence-electron chi connectivity index (χ4n) is 1.10. The van der Waals surface area contributed by atoms with E-state index in [0.717, 1.165) is 0 Å². The molecule has 15 heavy (non-hydrogen) atoms. The lowest BCUT2D eigenvalue weighted by Gasteiger charge is -2.22. The molecular weight excluding hydrogens is 209 g/mol. The van der Waals surface area contributed by atoms with E-state index in [0.29, 0.717) is 5.30 Å². The molecule has 0 heterocycles. The molecule has 4 heteroatoms. The second-order valence-electron chi connectivity index (χ2n) is 4.62. The Morgan fingerprint density at radius 1 is 1.27 bits per heavy atom. The minimum Gasteiger partial charge on any atom is -0.340 e. The van der Waals surface area contributed by atoms with Gasteiger partial charge in [-0.1, -0.05) is 18.2 Å².